The zero-order valence-corrected chi connectivity index (χ0v) is 32.2. The molecule has 260 valence electrons. The number of cyclic esters (lactones) is 2. The van der Waals surface area contributed by atoms with Gasteiger partial charge in [-0.15, -0.1) is 0 Å². The van der Waals surface area contributed by atoms with E-state index in [0.717, 1.165) is 0 Å². The van der Waals surface area contributed by atoms with E-state index in [2.05, 4.69) is 119 Å². The number of carbonyl (C=O) groups is 2. The van der Waals surface area contributed by atoms with Crippen molar-refractivity contribution in [1.82, 2.24) is 0 Å². The second kappa shape index (κ2) is 16.4. The molecule has 2 heterocycles. The smallest absolute Gasteiger partial charge is 0.335 e. The Balaban J connectivity index is 0.000000189. The van der Waals surface area contributed by atoms with Crippen molar-refractivity contribution in [3.63, 3.8) is 0 Å². The van der Waals surface area contributed by atoms with Crippen LogP contribution in [0.1, 0.15) is 54.4 Å². The predicted octanol–water partition coefficient (Wildman–Crippen LogP) is 5.96. The molecule has 2 aliphatic rings. The third kappa shape index (κ3) is 8.80. The van der Waals surface area contributed by atoms with Gasteiger partial charge in [-0.05, 0) is 30.8 Å². The van der Waals surface area contributed by atoms with Gasteiger partial charge in [-0.25, -0.2) is 9.59 Å². The molecule has 0 radical (unpaired) electrons. The highest BCUT2D eigenvalue weighted by molar-refractivity contribution is 7.35. The fourth-order valence-corrected chi connectivity index (χ4v) is 15.1. The Hall–Kier alpha value is -3.54. The predicted molar refractivity (Wildman–Crippen MR) is 203 cm³/mol. The number of carbonyl (C=O) groups excluding carboxylic acids is 2. The summed E-state index contributed by atoms with van der Waals surface area (Å²) in [5.74, 6) is -0.719. The maximum Gasteiger partial charge on any atom is 0.335 e. The third-order valence-electron chi connectivity index (χ3n) is 8.91. The fourth-order valence-electron chi connectivity index (χ4n) is 6.34. The normalized spacial score (nSPS) is 18.0. The van der Waals surface area contributed by atoms with Crippen LogP contribution < -0.4 is 20.7 Å². The minimum absolute atomic E-state index is 0.0667. The molecule has 6 rings (SSSR count). The van der Waals surface area contributed by atoms with Gasteiger partial charge in [0.15, 0.2) is 6.10 Å². The number of aliphatic hydroxyl groups excluding tert-OH is 1. The fraction of sp³-hybridized carbons (Fsp3) is 0.350. The Morgan fingerprint density at radius 1 is 0.592 bits per heavy atom. The van der Waals surface area contributed by atoms with Crippen molar-refractivity contribution in [2.75, 3.05) is 13.2 Å². The second-order valence-corrected chi connectivity index (χ2v) is 24.3. The van der Waals surface area contributed by atoms with E-state index >= 15 is 0 Å². The molecule has 0 bridgehead atoms. The molecule has 2 saturated heterocycles. The van der Waals surface area contributed by atoms with Crippen molar-refractivity contribution in [3.8, 4) is 0 Å². The summed E-state index contributed by atoms with van der Waals surface area (Å²) in [5.41, 5.74) is 0. The Labute approximate surface area is 298 Å². The summed E-state index contributed by atoms with van der Waals surface area (Å²) in [6.07, 6.45) is -0.237. The largest absolute Gasteiger partial charge is 0.464 e. The summed E-state index contributed by atoms with van der Waals surface area (Å²) in [6.45, 7) is 14.2. The lowest BCUT2D eigenvalue weighted by molar-refractivity contribution is -0.145. The zero-order valence-electron chi connectivity index (χ0n) is 29.4. The summed E-state index contributed by atoms with van der Waals surface area (Å²) < 4.78 is 16.2. The number of hydrogen-bond acceptors (Lipinski definition) is 6. The highest BCUT2D eigenvalue weighted by Crippen LogP contribution is 2.39. The van der Waals surface area contributed by atoms with Crippen molar-refractivity contribution in [2.45, 2.75) is 76.7 Å². The molecule has 0 saturated carbocycles. The molecule has 0 aliphatic carbocycles. The van der Waals surface area contributed by atoms with E-state index < -0.39 is 33.9 Å². The minimum Gasteiger partial charge on any atom is -0.464 e. The first-order valence-electron chi connectivity index (χ1n) is 16.8. The SMILES string of the molecule is CC(C)(C)[Si](Cl)(c1ccccc1)c1ccccc1.CC(C)(C)[Si](O[C@H]1CCOC1=O)(c1ccccc1)c1ccccc1.O=C1OCC[C@@H]1O. The maximum absolute atomic E-state index is 12.1. The van der Waals surface area contributed by atoms with Gasteiger partial charge in [-0.3, -0.25) is 0 Å². The molecule has 4 aromatic rings. The van der Waals surface area contributed by atoms with E-state index in [1.165, 1.54) is 20.7 Å². The molecule has 2 fully saturated rings. The topological polar surface area (TPSA) is 82.1 Å². The number of ether oxygens (including phenoxy) is 2. The van der Waals surface area contributed by atoms with E-state index in [-0.39, 0.29) is 16.0 Å². The summed E-state index contributed by atoms with van der Waals surface area (Å²) in [7, 11) is -4.89. The lowest BCUT2D eigenvalue weighted by Gasteiger charge is -2.44. The summed E-state index contributed by atoms with van der Waals surface area (Å²) >= 11 is 7.21. The Morgan fingerprint density at radius 3 is 1.22 bits per heavy atom. The van der Waals surface area contributed by atoms with E-state index in [0.29, 0.717) is 26.1 Å². The van der Waals surface area contributed by atoms with Crippen LogP contribution in [-0.4, -0.2) is 58.2 Å². The van der Waals surface area contributed by atoms with Gasteiger partial charge in [0.2, 0.25) is 7.38 Å². The molecule has 0 unspecified atom stereocenters. The Kier molecular flexibility index (Phi) is 12.8. The molecule has 0 amide bonds. The number of rotatable bonds is 6. The highest BCUT2D eigenvalue weighted by atomic mass is 35.6. The van der Waals surface area contributed by atoms with Crippen molar-refractivity contribution in [1.29, 1.82) is 0 Å². The van der Waals surface area contributed by atoms with Crippen LogP contribution in [0.2, 0.25) is 10.1 Å². The van der Waals surface area contributed by atoms with Crippen LogP contribution in [0, 0.1) is 0 Å². The average Bonchev–Trinajstić information content (AvgIpc) is 3.69. The highest BCUT2D eigenvalue weighted by Gasteiger charge is 2.53. The average molecular weight is 717 g/mol. The molecule has 9 heteroatoms. The molecular formula is C40H49ClO6Si2. The van der Waals surface area contributed by atoms with E-state index in [9.17, 15) is 9.59 Å². The van der Waals surface area contributed by atoms with Crippen molar-refractivity contribution in [3.05, 3.63) is 121 Å². The molecule has 2 atom stereocenters. The Morgan fingerprint density at radius 2 is 0.959 bits per heavy atom. The first-order chi connectivity index (χ1) is 23.2. The molecule has 49 heavy (non-hydrogen) atoms. The van der Waals surface area contributed by atoms with E-state index in [4.69, 9.17) is 25.3 Å². The molecular weight excluding hydrogens is 668 g/mol. The van der Waals surface area contributed by atoms with Crippen LogP contribution in [0.4, 0.5) is 0 Å². The lowest BCUT2D eigenvalue weighted by Crippen LogP contribution is -2.68. The molecule has 0 spiro atoms. The standard InChI is InChI=1S/C20H24O3Si.C16H19ClSi.C4H6O3/c1-20(2,3)24(16-10-6-4-7-11-16,17-12-8-5-9-13-17)23-18-14-15-22-19(18)21;1-16(2,3)18(17,14-10-6-4-7-11-14)15-12-8-5-9-13-15;5-3-1-2-7-4(3)6/h4-13,18H,14-15H2,1-3H3;4-13H,1-3H3;3,5H,1-2H2/t18-;;3-/m0.0/s1. The maximum atomic E-state index is 12.1. The van der Waals surface area contributed by atoms with Crippen LogP contribution in [-0.2, 0) is 23.5 Å². The van der Waals surface area contributed by atoms with Gasteiger partial charge in [0, 0.05) is 12.8 Å². The minimum atomic E-state index is -2.66. The number of aliphatic hydroxyl groups is 1. The van der Waals surface area contributed by atoms with Gasteiger partial charge >= 0.3 is 11.9 Å². The third-order valence-corrected chi connectivity index (χ3v) is 21.3. The summed E-state index contributed by atoms with van der Waals surface area (Å²) in [6, 6.07) is 41.8. The molecule has 4 aromatic carbocycles. The number of esters is 2. The van der Waals surface area contributed by atoms with Crippen LogP contribution in [0.15, 0.2) is 121 Å². The van der Waals surface area contributed by atoms with Crippen LogP contribution in [0.5, 0.6) is 0 Å². The molecule has 1 N–H and O–H groups in total. The van der Waals surface area contributed by atoms with Crippen LogP contribution in [0.3, 0.4) is 0 Å². The molecule has 0 aromatic heterocycles. The van der Waals surface area contributed by atoms with Gasteiger partial charge < -0.3 is 19.0 Å². The molecule has 6 nitrogen and oxygen atoms in total. The monoisotopic (exact) mass is 716 g/mol. The first-order valence-corrected chi connectivity index (χ1v) is 21.7. The first kappa shape index (κ1) is 38.3. The molecule has 2 aliphatic heterocycles. The van der Waals surface area contributed by atoms with Crippen LogP contribution >= 0.6 is 11.1 Å². The van der Waals surface area contributed by atoms with Crippen molar-refractivity contribution >= 4 is 59.5 Å². The number of benzene rings is 4. The van der Waals surface area contributed by atoms with Gasteiger partial charge in [-0.2, -0.15) is 11.1 Å². The van der Waals surface area contributed by atoms with Crippen molar-refractivity contribution in [2.24, 2.45) is 0 Å². The van der Waals surface area contributed by atoms with Crippen LogP contribution in [0.25, 0.3) is 0 Å². The van der Waals surface area contributed by atoms with E-state index in [1.54, 1.807) is 0 Å². The zero-order chi connectivity index (χ0) is 35.7. The lowest BCUT2D eigenvalue weighted by atomic mass is 10.2. The van der Waals surface area contributed by atoms with E-state index in [1.807, 2.05) is 48.5 Å². The quantitative estimate of drug-likeness (QED) is 0.151. The van der Waals surface area contributed by atoms with Gasteiger partial charge in [0.05, 0.1) is 13.2 Å². The van der Waals surface area contributed by atoms with Gasteiger partial charge in [0.25, 0.3) is 8.32 Å². The van der Waals surface area contributed by atoms with Gasteiger partial charge in [-0.1, -0.05) is 163 Å². The Bertz CT molecular complexity index is 1540. The van der Waals surface area contributed by atoms with Crippen molar-refractivity contribution < 1.29 is 28.6 Å². The summed E-state index contributed by atoms with van der Waals surface area (Å²) in [4.78, 5) is 22.2. The summed E-state index contributed by atoms with van der Waals surface area (Å²) in [5, 5.41) is 13.4. The second-order valence-electron chi connectivity index (χ2n) is 14.3. The van der Waals surface area contributed by atoms with Gasteiger partial charge in [0.1, 0.15) is 6.10 Å². The number of halogens is 1. The number of hydrogen-bond donors (Lipinski definition) is 1.